The zero-order valence-corrected chi connectivity index (χ0v) is 19.0. The van der Waals surface area contributed by atoms with Crippen LogP contribution in [0.2, 0.25) is 26.2 Å². The number of ether oxygens (including phenoxy) is 3. The molecule has 0 fully saturated rings. The molecule has 0 aliphatic heterocycles. The predicted molar refractivity (Wildman–Crippen MR) is 108 cm³/mol. The van der Waals surface area contributed by atoms with E-state index in [2.05, 4.69) is 33.2 Å². The topological polar surface area (TPSA) is 54.0 Å². The normalized spacial score (nSPS) is 14.4. The van der Waals surface area contributed by atoms with Gasteiger partial charge in [-0.25, -0.2) is 0 Å². The Morgan fingerprint density at radius 3 is 2.00 bits per heavy atom. The van der Waals surface area contributed by atoms with E-state index in [1.165, 1.54) is 0 Å². The largest absolute Gasteiger partial charge is 0.462 e. The zero-order valence-electron chi connectivity index (χ0n) is 16.8. The Morgan fingerprint density at radius 2 is 1.64 bits per heavy atom. The first-order valence-electron chi connectivity index (χ1n) is 8.90. The van der Waals surface area contributed by atoms with E-state index in [0.29, 0.717) is 13.2 Å². The minimum absolute atomic E-state index is 0.166. The van der Waals surface area contributed by atoms with Crippen molar-refractivity contribution in [1.82, 2.24) is 0 Å². The maximum absolute atomic E-state index is 13.0. The molecule has 25 heavy (non-hydrogen) atoms. The van der Waals surface area contributed by atoms with Gasteiger partial charge < -0.3 is 18.6 Å². The third-order valence-electron chi connectivity index (χ3n) is 4.36. The first-order chi connectivity index (χ1) is 11.6. The second kappa shape index (κ2) is 11.8. The van der Waals surface area contributed by atoms with E-state index >= 15 is 0 Å². The Labute approximate surface area is 156 Å². The van der Waals surface area contributed by atoms with Crippen molar-refractivity contribution in [2.75, 3.05) is 26.4 Å². The molecule has 7 heteroatoms. The third kappa shape index (κ3) is 8.00. The van der Waals surface area contributed by atoms with Crippen LogP contribution < -0.4 is 0 Å². The van der Waals surface area contributed by atoms with Crippen molar-refractivity contribution in [1.29, 1.82) is 0 Å². The summed E-state index contributed by atoms with van der Waals surface area (Å²) >= 11 is 0. The SMILES string of the molecule is C=CCOCC(COCC=C)OC(=O)[Si](C)(C)[C@](C)(CC)O[SiH](C)C. The van der Waals surface area contributed by atoms with Crippen molar-refractivity contribution in [3.8, 4) is 0 Å². The molecular weight excluding hydrogens is 352 g/mol. The van der Waals surface area contributed by atoms with Gasteiger partial charge >= 0.3 is 0 Å². The minimum Gasteiger partial charge on any atom is -0.462 e. The van der Waals surface area contributed by atoms with Crippen LogP contribution >= 0.6 is 0 Å². The van der Waals surface area contributed by atoms with Gasteiger partial charge in [-0.3, -0.25) is 4.79 Å². The third-order valence-corrected chi connectivity index (χ3v) is 9.84. The van der Waals surface area contributed by atoms with Gasteiger partial charge in [-0.15, -0.1) is 13.2 Å². The molecule has 0 rings (SSSR count). The quantitative estimate of drug-likeness (QED) is 0.257. The van der Waals surface area contributed by atoms with Gasteiger partial charge in [0, 0.05) is 0 Å². The van der Waals surface area contributed by atoms with Crippen molar-refractivity contribution in [3.05, 3.63) is 25.3 Å². The van der Waals surface area contributed by atoms with Crippen LogP contribution in [0.3, 0.4) is 0 Å². The maximum Gasteiger partial charge on any atom is 0.275 e. The summed E-state index contributed by atoms with van der Waals surface area (Å²) in [6.07, 6.45) is 3.67. The molecule has 0 aliphatic carbocycles. The van der Waals surface area contributed by atoms with Gasteiger partial charge in [0.05, 0.1) is 31.7 Å². The van der Waals surface area contributed by atoms with Crippen LogP contribution in [0.1, 0.15) is 20.3 Å². The Balaban J connectivity index is 5.06. The van der Waals surface area contributed by atoms with Gasteiger partial charge in [0.2, 0.25) is 8.07 Å². The van der Waals surface area contributed by atoms with E-state index in [1.807, 2.05) is 20.0 Å². The molecule has 0 unspecified atom stereocenters. The summed E-state index contributed by atoms with van der Waals surface area (Å²) in [7, 11) is -3.76. The van der Waals surface area contributed by atoms with E-state index in [-0.39, 0.29) is 18.8 Å². The van der Waals surface area contributed by atoms with Crippen LogP contribution in [0.5, 0.6) is 0 Å². The predicted octanol–water partition coefficient (Wildman–Crippen LogP) is 3.89. The maximum atomic E-state index is 13.0. The van der Waals surface area contributed by atoms with E-state index in [0.717, 1.165) is 6.42 Å². The smallest absolute Gasteiger partial charge is 0.275 e. The van der Waals surface area contributed by atoms with E-state index in [4.69, 9.17) is 18.6 Å². The van der Waals surface area contributed by atoms with Gasteiger partial charge in [-0.1, -0.05) is 32.2 Å². The number of hydrogen-bond acceptors (Lipinski definition) is 5. The second-order valence-electron chi connectivity index (χ2n) is 7.06. The summed E-state index contributed by atoms with van der Waals surface area (Å²) < 4.78 is 23.0. The number of carbonyl (C=O) groups excluding carboxylic acids is 1. The lowest BCUT2D eigenvalue weighted by atomic mass is 10.3. The molecule has 0 saturated carbocycles. The van der Waals surface area contributed by atoms with Gasteiger partial charge in [-0.2, -0.15) is 0 Å². The van der Waals surface area contributed by atoms with Crippen molar-refractivity contribution in [2.45, 2.75) is 57.8 Å². The molecule has 0 bridgehead atoms. The first kappa shape index (κ1) is 24.3. The zero-order chi connectivity index (χ0) is 19.5. The van der Waals surface area contributed by atoms with E-state index in [9.17, 15) is 4.79 Å². The molecule has 0 N–H and O–H groups in total. The molecule has 0 saturated heterocycles. The fourth-order valence-electron chi connectivity index (χ4n) is 2.39. The summed E-state index contributed by atoms with van der Waals surface area (Å²) in [5.41, 5.74) is -0.166. The van der Waals surface area contributed by atoms with Gasteiger partial charge in [0.15, 0.2) is 9.04 Å². The standard InChI is InChI=1S/C18H36O5Si2/c1-9-12-20-14-16(15-21-13-10-2)22-17(19)25(7,8)18(4,11-3)23-24(5)6/h9-10,16,24H,1-2,11-15H2,3-8H3/t18-/m1/s1. The highest BCUT2D eigenvalue weighted by Crippen LogP contribution is 2.31. The average molecular weight is 389 g/mol. The van der Waals surface area contributed by atoms with Crippen LogP contribution in [0.25, 0.3) is 0 Å². The molecular formula is C18H36O5Si2. The van der Waals surface area contributed by atoms with Crippen molar-refractivity contribution in [2.24, 2.45) is 0 Å². The molecule has 0 spiro atoms. The summed E-state index contributed by atoms with van der Waals surface area (Å²) in [6, 6.07) is 0. The molecule has 1 atom stereocenters. The summed E-state index contributed by atoms with van der Waals surface area (Å²) in [5, 5.41) is -0.432. The highest BCUT2D eigenvalue weighted by Gasteiger charge is 2.51. The lowest BCUT2D eigenvalue weighted by molar-refractivity contribution is -0.0118. The van der Waals surface area contributed by atoms with Gasteiger partial charge in [-0.05, 0) is 26.4 Å². The molecule has 0 aromatic rings. The monoisotopic (exact) mass is 388 g/mol. The molecule has 0 aliphatic rings. The van der Waals surface area contributed by atoms with Crippen molar-refractivity contribution < 1.29 is 23.4 Å². The van der Waals surface area contributed by atoms with Crippen LogP contribution in [0, 0.1) is 0 Å². The second-order valence-corrected chi connectivity index (χ2v) is 14.1. The fraction of sp³-hybridized carbons (Fsp3) is 0.722. The summed E-state index contributed by atoms with van der Waals surface area (Å²) in [4.78, 5) is 13.0. The van der Waals surface area contributed by atoms with Crippen LogP contribution in [-0.2, 0) is 18.6 Å². The van der Waals surface area contributed by atoms with Gasteiger partial charge in [0.1, 0.15) is 6.10 Å². The van der Waals surface area contributed by atoms with Crippen molar-refractivity contribution >= 4 is 22.7 Å². The highest BCUT2D eigenvalue weighted by molar-refractivity contribution is 7.05. The highest BCUT2D eigenvalue weighted by atomic mass is 28.3. The molecule has 0 aromatic heterocycles. The lowest BCUT2D eigenvalue weighted by Crippen LogP contribution is -2.61. The molecule has 0 radical (unpaired) electrons. The molecule has 146 valence electrons. The Morgan fingerprint density at radius 1 is 1.16 bits per heavy atom. The van der Waals surface area contributed by atoms with E-state index < -0.39 is 28.4 Å². The molecule has 0 aromatic carbocycles. The Bertz CT molecular complexity index is 412. The minimum atomic E-state index is -2.48. The number of hydrogen-bond donors (Lipinski definition) is 0. The first-order valence-corrected chi connectivity index (χ1v) is 14.7. The van der Waals surface area contributed by atoms with E-state index in [1.54, 1.807) is 12.2 Å². The molecule has 5 nitrogen and oxygen atoms in total. The fourth-order valence-corrected chi connectivity index (χ4v) is 7.26. The number of carbonyl (C=O) groups is 1. The lowest BCUT2D eigenvalue weighted by Gasteiger charge is -2.42. The van der Waals surface area contributed by atoms with Crippen molar-refractivity contribution in [3.63, 3.8) is 0 Å². The molecule has 0 heterocycles. The summed E-state index contributed by atoms with van der Waals surface area (Å²) in [6.45, 7) is 21.0. The summed E-state index contributed by atoms with van der Waals surface area (Å²) in [5.74, 6) is 0. The Hall–Kier alpha value is -0.736. The van der Waals surface area contributed by atoms with Crippen LogP contribution in [0.15, 0.2) is 25.3 Å². The van der Waals surface area contributed by atoms with Gasteiger partial charge in [0.25, 0.3) is 5.59 Å². The van der Waals surface area contributed by atoms with Crippen LogP contribution in [0.4, 0.5) is 4.79 Å². The van der Waals surface area contributed by atoms with Crippen LogP contribution in [-0.4, -0.2) is 60.5 Å². The average Bonchev–Trinajstić information content (AvgIpc) is 2.53. The molecule has 0 amide bonds. The Kier molecular flexibility index (Phi) is 11.5. The number of rotatable bonds is 14.